The number of carboxylic acid groups (broad SMARTS) is 1. The van der Waals surface area contributed by atoms with E-state index in [4.69, 9.17) is 5.11 Å². The minimum Gasteiger partial charge on any atom is -0.481 e. The van der Waals surface area contributed by atoms with Crippen LogP contribution in [0, 0.1) is 17.8 Å². The summed E-state index contributed by atoms with van der Waals surface area (Å²) < 4.78 is 28.4. The van der Waals surface area contributed by atoms with Gasteiger partial charge in [-0.3, -0.25) is 4.79 Å². The average Bonchev–Trinajstić information content (AvgIpc) is 2.25. The van der Waals surface area contributed by atoms with Gasteiger partial charge in [-0.25, -0.2) is 0 Å². The number of carboxylic acids is 1. The molecular formula is C12H24N2O4S. The summed E-state index contributed by atoms with van der Waals surface area (Å²) in [4.78, 5) is 10.9. The molecule has 1 rings (SSSR count). The second-order valence-electron chi connectivity index (χ2n) is 5.80. The van der Waals surface area contributed by atoms with E-state index < -0.39 is 28.1 Å². The Labute approximate surface area is 115 Å². The number of nitrogens with one attached hydrogen (secondary N) is 1. The van der Waals surface area contributed by atoms with Gasteiger partial charge in [-0.15, -0.1) is 0 Å². The molecule has 2 N–H and O–H groups in total. The van der Waals surface area contributed by atoms with Crippen molar-refractivity contribution in [2.24, 2.45) is 17.8 Å². The van der Waals surface area contributed by atoms with E-state index in [1.807, 2.05) is 13.8 Å². The first-order chi connectivity index (χ1) is 8.63. The third-order valence-corrected chi connectivity index (χ3v) is 5.30. The van der Waals surface area contributed by atoms with Crippen LogP contribution in [0.1, 0.15) is 34.1 Å². The van der Waals surface area contributed by atoms with Crippen LogP contribution in [0.3, 0.4) is 0 Å². The lowest BCUT2D eigenvalue weighted by Gasteiger charge is -2.35. The first kappa shape index (κ1) is 16.4. The molecule has 1 fully saturated rings. The summed E-state index contributed by atoms with van der Waals surface area (Å²) >= 11 is 0. The van der Waals surface area contributed by atoms with Crippen LogP contribution in [-0.4, -0.2) is 42.9 Å². The van der Waals surface area contributed by atoms with Crippen LogP contribution in [0.2, 0.25) is 0 Å². The predicted molar refractivity (Wildman–Crippen MR) is 72.8 cm³/mol. The van der Waals surface area contributed by atoms with E-state index in [0.29, 0.717) is 24.9 Å². The van der Waals surface area contributed by atoms with Gasteiger partial charge in [0, 0.05) is 19.1 Å². The topological polar surface area (TPSA) is 86.7 Å². The highest BCUT2D eigenvalue weighted by Crippen LogP contribution is 2.23. The smallest absolute Gasteiger partial charge is 0.307 e. The van der Waals surface area contributed by atoms with Crippen LogP contribution in [0.25, 0.3) is 0 Å². The molecule has 112 valence electrons. The molecule has 6 nitrogen and oxygen atoms in total. The Hall–Kier alpha value is -0.660. The van der Waals surface area contributed by atoms with Gasteiger partial charge >= 0.3 is 5.97 Å². The lowest BCUT2D eigenvalue weighted by atomic mass is 9.94. The SMILES string of the molecule is CC1CC(C)CN(S(=O)(=O)NC(C)C(C)C(=O)O)C1. The summed E-state index contributed by atoms with van der Waals surface area (Å²) in [5.74, 6) is -1.11. The van der Waals surface area contributed by atoms with E-state index in [0.717, 1.165) is 6.42 Å². The molecule has 19 heavy (non-hydrogen) atoms. The van der Waals surface area contributed by atoms with Gasteiger partial charge in [0.05, 0.1) is 5.92 Å². The van der Waals surface area contributed by atoms with Crippen LogP contribution >= 0.6 is 0 Å². The van der Waals surface area contributed by atoms with Gasteiger partial charge in [0.2, 0.25) is 0 Å². The van der Waals surface area contributed by atoms with Crippen molar-refractivity contribution < 1.29 is 18.3 Å². The molecule has 1 aliphatic heterocycles. The van der Waals surface area contributed by atoms with Crippen LogP contribution in [0.4, 0.5) is 0 Å². The van der Waals surface area contributed by atoms with Crippen LogP contribution in [-0.2, 0) is 15.0 Å². The molecular weight excluding hydrogens is 268 g/mol. The van der Waals surface area contributed by atoms with Gasteiger partial charge in [-0.05, 0) is 25.2 Å². The van der Waals surface area contributed by atoms with Crippen molar-refractivity contribution in [3.8, 4) is 0 Å². The van der Waals surface area contributed by atoms with Gasteiger partial charge in [0.15, 0.2) is 0 Å². The zero-order chi connectivity index (χ0) is 14.8. The largest absolute Gasteiger partial charge is 0.481 e. The fourth-order valence-electron chi connectivity index (χ4n) is 2.43. The third kappa shape index (κ3) is 4.43. The zero-order valence-electron chi connectivity index (χ0n) is 12.0. The molecule has 4 atom stereocenters. The minimum atomic E-state index is -3.61. The van der Waals surface area contributed by atoms with E-state index in [2.05, 4.69) is 4.72 Å². The second-order valence-corrected chi connectivity index (χ2v) is 7.50. The van der Waals surface area contributed by atoms with E-state index in [9.17, 15) is 13.2 Å². The Morgan fingerprint density at radius 2 is 1.74 bits per heavy atom. The van der Waals surface area contributed by atoms with Gasteiger partial charge in [0.1, 0.15) is 0 Å². The molecule has 0 aliphatic carbocycles. The number of hydrogen-bond acceptors (Lipinski definition) is 3. The highest BCUT2D eigenvalue weighted by atomic mass is 32.2. The van der Waals surface area contributed by atoms with Gasteiger partial charge in [0.25, 0.3) is 10.2 Å². The molecule has 1 saturated heterocycles. The van der Waals surface area contributed by atoms with Crippen LogP contribution < -0.4 is 4.72 Å². The molecule has 0 spiro atoms. The summed E-state index contributed by atoms with van der Waals surface area (Å²) in [6.07, 6.45) is 1.02. The molecule has 1 heterocycles. The highest BCUT2D eigenvalue weighted by Gasteiger charge is 2.33. The Bertz CT molecular complexity index is 413. The fourth-order valence-corrected chi connectivity index (χ4v) is 4.15. The molecule has 0 saturated carbocycles. The summed E-state index contributed by atoms with van der Waals surface area (Å²) in [6.45, 7) is 8.12. The lowest BCUT2D eigenvalue weighted by molar-refractivity contribution is -0.141. The van der Waals surface area contributed by atoms with E-state index >= 15 is 0 Å². The molecule has 0 radical (unpaired) electrons. The van der Waals surface area contributed by atoms with Crippen LogP contribution in [0.5, 0.6) is 0 Å². The Balaban J connectivity index is 2.73. The fraction of sp³-hybridized carbons (Fsp3) is 0.917. The normalized spacial score (nSPS) is 28.8. The van der Waals surface area contributed by atoms with Gasteiger partial charge in [-0.1, -0.05) is 20.8 Å². The summed E-state index contributed by atoms with van der Waals surface area (Å²) in [7, 11) is -3.61. The number of nitrogens with zero attached hydrogens (tertiary/aromatic N) is 1. The standard InChI is InChI=1S/C12H24N2O4S/c1-8-5-9(2)7-14(6-8)19(17,18)13-11(4)10(3)12(15)16/h8-11,13H,5-7H2,1-4H3,(H,15,16). The third-order valence-electron chi connectivity index (χ3n) is 3.65. The molecule has 7 heteroatoms. The maximum Gasteiger partial charge on any atom is 0.307 e. The Kier molecular flexibility index (Phi) is 5.34. The van der Waals surface area contributed by atoms with E-state index in [1.165, 1.54) is 11.2 Å². The molecule has 0 aromatic rings. The first-order valence-corrected chi connectivity index (χ1v) is 8.07. The maximum atomic E-state index is 12.2. The zero-order valence-corrected chi connectivity index (χ0v) is 12.8. The Morgan fingerprint density at radius 3 is 2.16 bits per heavy atom. The molecule has 0 bridgehead atoms. The van der Waals surface area contributed by atoms with Crippen molar-refractivity contribution in [1.82, 2.24) is 9.03 Å². The van der Waals surface area contributed by atoms with Crippen molar-refractivity contribution in [1.29, 1.82) is 0 Å². The average molecular weight is 292 g/mol. The minimum absolute atomic E-state index is 0.326. The van der Waals surface area contributed by atoms with E-state index in [-0.39, 0.29) is 0 Å². The molecule has 1 aliphatic rings. The summed E-state index contributed by atoms with van der Waals surface area (Å²) in [5, 5.41) is 8.90. The maximum absolute atomic E-state index is 12.2. The van der Waals surface area contributed by atoms with Crippen molar-refractivity contribution >= 4 is 16.2 Å². The number of aliphatic carboxylic acids is 1. The lowest BCUT2D eigenvalue weighted by Crippen LogP contribution is -2.51. The van der Waals surface area contributed by atoms with E-state index in [1.54, 1.807) is 6.92 Å². The molecule has 0 aromatic carbocycles. The van der Waals surface area contributed by atoms with Crippen molar-refractivity contribution in [3.05, 3.63) is 0 Å². The van der Waals surface area contributed by atoms with Gasteiger partial charge < -0.3 is 5.11 Å². The number of rotatable bonds is 5. The number of hydrogen-bond donors (Lipinski definition) is 2. The quantitative estimate of drug-likeness (QED) is 0.788. The van der Waals surface area contributed by atoms with Crippen LogP contribution in [0.15, 0.2) is 0 Å². The van der Waals surface area contributed by atoms with Crippen molar-refractivity contribution in [2.45, 2.75) is 40.2 Å². The highest BCUT2D eigenvalue weighted by molar-refractivity contribution is 7.87. The molecule has 0 aromatic heterocycles. The monoisotopic (exact) mass is 292 g/mol. The van der Waals surface area contributed by atoms with Crippen molar-refractivity contribution in [3.63, 3.8) is 0 Å². The molecule has 0 amide bonds. The predicted octanol–water partition coefficient (Wildman–Crippen LogP) is 0.908. The summed E-state index contributed by atoms with van der Waals surface area (Å²) in [6, 6.07) is -0.630. The number of carbonyl (C=O) groups is 1. The first-order valence-electron chi connectivity index (χ1n) is 6.63. The second kappa shape index (κ2) is 6.19. The molecule has 4 unspecified atom stereocenters. The number of piperidine rings is 1. The summed E-state index contributed by atoms with van der Waals surface area (Å²) in [5.41, 5.74) is 0. The van der Waals surface area contributed by atoms with Crippen molar-refractivity contribution in [2.75, 3.05) is 13.1 Å². The Morgan fingerprint density at radius 1 is 1.26 bits per heavy atom. The van der Waals surface area contributed by atoms with Gasteiger partial charge in [-0.2, -0.15) is 17.4 Å².